The summed E-state index contributed by atoms with van der Waals surface area (Å²) in [6, 6.07) is 0. The molecule has 0 saturated carbocycles. The maximum atomic E-state index is 2.33. The van der Waals surface area contributed by atoms with Crippen LogP contribution in [0.4, 0.5) is 0 Å². The van der Waals surface area contributed by atoms with E-state index in [0.29, 0.717) is 0 Å². The molecule has 0 heterocycles. The molecule has 0 N–H and O–H groups in total. The first-order chi connectivity index (χ1) is 5.09. The maximum absolute atomic E-state index is 2.33. The molecule has 0 aliphatic rings. The van der Waals surface area contributed by atoms with Crippen molar-refractivity contribution in [3.63, 3.8) is 0 Å². The van der Waals surface area contributed by atoms with Gasteiger partial charge in [0.2, 0.25) is 0 Å². The third-order valence-electron chi connectivity index (χ3n) is 2.42. The first-order valence-corrected chi connectivity index (χ1v) is 4.89. The summed E-state index contributed by atoms with van der Waals surface area (Å²) in [6.07, 6.45) is 4.10. The minimum absolute atomic E-state index is 0.826. The fourth-order valence-electron chi connectivity index (χ4n) is 1.71. The summed E-state index contributed by atoms with van der Waals surface area (Å²) in [4.78, 5) is 0. The Balaban J connectivity index is 3.70. The van der Waals surface area contributed by atoms with Crippen LogP contribution in [0.15, 0.2) is 0 Å². The summed E-state index contributed by atoms with van der Waals surface area (Å²) in [7, 11) is 0. The van der Waals surface area contributed by atoms with Crippen LogP contribution in [-0.2, 0) is 0 Å². The van der Waals surface area contributed by atoms with Gasteiger partial charge in [-0.15, -0.1) is 0 Å². The molecule has 0 aromatic rings. The van der Waals surface area contributed by atoms with Gasteiger partial charge in [0.05, 0.1) is 0 Å². The Morgan fingerprint density at radius 3 is 2.00 bits per heavy atom. The molecule has 0 spiro atoms. The minimum atomic E-state index is 0.826. The van der Waals surface area contributed by atoms with E-state index in [1.807, 2.05) is 0 Å². The molecular formula is C11H23. The van der Waals surface area contributed by atoms with Crippen LogP contribution >= 0.6 is 0 Å². The average Bonchev–Trinajstić information content (AvgIpc) is 1.87. The topological polar surface area (TPSA) is 0 Å². The molecule has 67 valence electrons. The van der Waals surface area contributed by atoms with Crippen molar-refractivity contribution in [2.45, 2.75) is 53.9 Å². The van der Waals surface area contributed by atoms with E-state index in [-0.39, 0.29) is 0 Å². The Morgan fingerprint density at radius 2 is 1.73 bits per heavy atom. The fourth-order valence-corrected chi connectivity index (χ4v) is 1.71. The standard InChI is InChI=1S/C11H23/c1-6-7-8-11(9(2)3)10(4)5/h9,11H,6-8H2,1-5H3. The minimum Gasteiger partial charge on any atom is -0.0654 e. The second kappa shape index (κ2) is 5.62. The Kier molecular flexibility index (Phi) is 5.62. The third-order valence-corrected chi connectivity index (χ3v) is 2.42. The van der Waals surface area contributed by atoms with Crippen LogP contribution in [0.1, 0.15) is 53.9 Å². The smallest absolute Gasteiger partial charge is 0.0269 e. The van der Waals surface area contributed by atoms with E-state index in [0.717, 1.165) is 11.8 Å². The van der Waals surface area contributed by atoms with Gasteiger partial charge in [-0.05, 0) is 24.2 Å². The van der Waals surface area contributed by atoms with Gasteiger partial charge in [-0.25, -0.2) is 0 Å². The van der Waals surface area contributed by atoms with Crippen molar-refractivity contribution in [1.29, 1.82) is 0 Å². The molecule has 0 amide bonds. The molecule has 0 fully saturated rings. The highest BCUT2D eigenvalue weighted by Gasteiger charge is 2.16. The zero-order chi connectivity index (χ0) is 8.85. The van der Waals surface area contributed by atoms with Crippen molar-refractivity contribution in [3.05, 3.63) is 5.92 Å². The maximum Gasteiger partial charge on any atom is -0.0269 e. The van der Waals surface area contributed by atoms with Gasteiger partial charge in [-0.2, -0.15) is 0 Å². The van der Waals surface area contributed by atoms with Crippen LogP contribution < -0.4 is 0 Å². The molecule has 1 atom stereocenters. The van der Waals surface area contributed by atoms with Gasteiger partial charge in [0.25, 0.3) is 0 Å². The van der Waals surface area contributed by atoms with E-state index in [9.17, 15) is 0 Å². The normalized spacial score (nSPS) is 12.0. The number of unbranched alkanes of at least 4 members (excludes halogenated alkanes) is 1. The largest absolute Gasteiger partial charge is 0.0654 e. The van der Waals surface area contributed by atoms with Crippen LogP contribution in [0.5, 0.6) is 0 Å². The monoisotopic (exact) mass is 155 g/mol. The average molecular weight is 155 g/mol. The van der Waals surface area contributed by atoms with Gasteiger partial charge in [0, 0.05) is 0 Å². The molecule has 0 aromatic heterocycles. The lowest BCUT2D eigenvalue weighted by molar-refractivity contribution is 0.366. The molecule has 1 unspecified atom stereocenters. The van der Waals surface area contributed by atoms with Crippen molar-refractivity contribution in [3.8, 4) is 0 Å². The predicted octanol–water partition coefficient (Wildman–Crippen LogP) is 4.06. The van der Waals surface area contributed by atoms with Crippen molar-refractivity contribution in [2.24, 2.45) is 11.8 Å². The molecule has 0 bridgehead atoms. The van der Waals surface area contributed by atoms with E-state index in [1.165, 1.54) is 19.3 Å². The van der Waals surface area contributed by atoms with Crippen molar-refractivity contribution in [1.82, 2.24) is 0 Å². The molecule has 0 rings (SSSR count). The van der Waals surface area contributed by atoms with Crippen molar-refractivity contribution < 1.29 is 0 Å². The van der Waals surface area contributed by atoms with E-state index in [2.05, 4.69) is 34.6 Å². The second-order valence-corrected chi connectivity index (χ2v) is 4.07. The fraction of sp³-hybridized carbons (Fsp3) is 0.909. The van der Waals surface area contributed by atoms with Crippen molar-refractivity contribution >= 4 is 0 Å². The number of rotatable bonds is 5. The van der Waals surface area contributed by atoms with Gasteiger partial charge in [0.1, 0.15) is 0 Å². The van der Waals surface area contributed by atoms with Gasteiger partial charge < -0.3 is 0 Å². The molecule has 0 aromatic carbocycles. The van der Waals surface area contributed by atoms with E-state index >= 15 is 0 Å². The number of hydrogen-bond acceptors (Lipinski definition) is 0. The van der Waals surface area contributed by atoms with Gasteiger partial charge >= 0.3 is 0 Å². The Bertz CT molecular complexity index is 74.0. The lowest BCUT2D eigenvalue weighted by atomic mass is 9.82. The van der Waals surface area contributed by atoms with Crippen molar-refractivity contribution in [2.75, 3.05) is 0 Å². The summed E-state index contributed by atoms with van der Waals surface area (Å²) in [5.74, 6) is 3.29. The first kappa shape index (κ1) is 11.0. The molecule has 0 aliphatic heterocycles. The van der Waals surface area contributed by atoms with E-state index in [1.54, 1.807) is 5.92 Å². The van der Waals surface area contributed by atoms with E-state index < -0.39 is 0 Å². The molecular weight excluding hydrogens is 132 g/mol. The Labute approximate surface area is 72.4 Å². The highest BCUT2D eigenvalue weighted by molar-refractivity contribution is 4.88. The molecule has 0 aliphatic carbocycles. The Hall–Kier alpha value is 0. The molecule has 11 heavy (non-hydrogen) atoms. The summed E-state index contributed by atoms with van der Waals surface area (Å²) in [6.45, 7) is 11.4. The SMILES string of the molecule is CCCCC([C](C)C)C(C)C. The summed E-state index contributed by atoms with van der Waals surface area (Å²) >= 11 is 0. The lowest BCUT2D eigenvalue weighted by Gasteiger charge is -2.23. The van der Waals surface area contributed by atoms with E-state index in [4.69, 9.17) is 0 Å². The zero-order valence-corrected chi connectivity index (χ0v) is 8.78. The predicted molar refractivity (Wildman–Crippen MR) is 52.4 cm³/mol. The molecule has 0 saturated heterocycles. The molecule has 0 nitrogen and oxygen atoms in total. The summed E-state index contributed by atoms with van der Waals surface area (Å²) < 4.78 is 0. The summed E-state index contributed by atoms with van der Waals surface area (Å²) in [5.41, 5.74) is 0. The second-order valence-electron chi connectivity index (χ2n) is 4.07. The summed E-state index contributed by atoms with van der Waals surface area (Å²) in [5, 5.41) is 0. The first-order valence-electron chi connectivity index (χ1n) is 4.89. The third kappa shape index (κ3) is 4.44. The van der Waals surface area contributed by atoms with Gasteiger partial charge in [-0.1, -0.05) is 47.5 Å². The highest BCUT2D eigenvalue weighted by atomic mass is 14.2. The van der Waals surface area contributed by atoms with Crippen LogP contribution in [0, 0.1) is 17.8 Å². The van der Waals surface area contributed by atoms with Gasteiger partial charge in [-0.3, -0.25) is 0 Å². The Morgan fingerprint density at radius 1 is 1.18 bits per heavy atom. The van der Waals surface area contributed by atoms with Crippen LogP contribution in [-0.4, -0.2) is 0 Å². The van der Waals surface area contributed by atoms with Crippen LogP contribution in [0.25, 0.3) is 0 Å². The lowest BCUT2D eigenvalue weighted by Crippen LogP contribution is -2.13. The van der Waals surface area contributed by atoms with Crippen LogP contribution in [0.3, 0.4) is 0 Å². The zero-order valence-electron chi connectivity index (χ0n) is 8.78. The van der Waals surface area contributed by atoms with Crippen LogP contribution in [0.2, 0.25) is 0 Å². The number of hydrogen-bond donors (Lipinski definition) is 0. The quantitative estimate of drug-likeness (QED) is 0.561. The molecule has 1 radical (unpaired) electrons. The van der Waals surface area contributed by atoms with Gasteiger partial charge in [0.15, 0.2) is 0 Å². The molecule has 0 heteroatoms. The highest BCUT2D eigenvalue weighted by Crippen LogP contribution is 2.27.